The second-order valence-electron chi connectivity index (χ2n) is 4.84. The van der Waals surface area contributed by atoms with Crippen LogP contribution in [0.5, 0.6) is 0 Å². The lowest BCUT2D eigenvalue weighted by atomic mass is 10.1. The third kappa shape index (κ3) is 5.20. The molecule has 3 nitrogen and oxygen atoms in total. The molecular weight excluding hydrogens is 318 g/mol. The highest BCUT2D eigenvalue weighted by molar-refractivity contribution is 8.00. The number of ketones is 1. The van der Waals surface area contributed by atoms with Crippen molar-refractivity contribution in [1.82, 2.24) is 0 Å². The lowest BCUT2D eigenvalue weighted by Crippen LogP contribution is -2.15. The number of carbonyl (C=O) groups excluding carboxylic acids is 2. The van der Waals surface area contributed by atoms with E-state index >= 15 is 0 Å². The molecule has 0 heterocycles. The van der Waals surface area contributed by atoms with Crippen molar-refractivity contribution in [3.63, 3.8) is 0 Å². The molecule has 2 aromatic carbocycles. The minimum Gasteiger partial charge on any atom is -0.325 e. The molecule has 0 aliphatic rings. The topological polar surface area (TPSA) is 46.2 Å². The fourth-order valence-electron chi connectivity index (χ4n) is 1.88. The maximum atomic E-state index is 11.9. The number of rotatable bonds is 6. The fourth-order valence-corrected chi connectivity index (χ4v) is 2.71. The first-order chi connectivity index (χ1) is 10.5. The van der Waals surface area contributed by atoms with E-state index in [1.54, 1.807) is 24.3 Å². The number of hydrogen-bond acceptors (Lipinski definition) is 3. The zero-order valence-electron chi connectivity index (χ0n) is 12.1. The van der Waals surface area contributed by atoms with E-state index in [1.807, 2.05) is 31.2 Å². The Balaban J connectivity index is 1.77. The standard InChI is InChI=1S/C17H16ClNO2S/c1-12-3-2-4-15(9-12)19-17(21)11-22-10-16(20)13-5-7-14(18)8-6-13/h2-9H,10-11H2,1H3,(H,19,21). The Hall–Kier alpha value is -1.78. The van der Waals surface area contributed by atoms with Gasteiger partial charge in [0.2, 0.25) is 5.91 Å². The molecule has 22 heavy (non-hydrogen) atoms. The first kappa shape index (κ1) is 16.6. The quantitative estimate of drug-likeness (QED) is 0.806. The SMILES string of the molecule is Cc1cccc(NC(=O)CSCC(=O)c2ccc(Cl)cc2)c1. The number of aryl methyl sites for hydroxylation is 1. The summed E-state index contributed by atoms with van der Waals surface area (Å²) in [6.45, 7) is 1.97. The first-order valence-electron chi connectivity index (χ1n) is 6.77. The van der Waals surface area contributed by atoms with Crippen molar-refractivity contribution in [1.29, 1.82) is 0 Å². The van der Waals surface area contributed by atoms with E-state index < -0.39 is 0 Å². The van der Waals surface area contributed by atoms with Gasteiger partial charge in [-0.05, 0) is 48.9 Å². The first-order valence-corrected chi connectivity index (χ1v) is 8.31. The van der Waals surface area contributed by atoms with Crippen LogP contribution in [0.4, 0.5) is 5.69 Å². The Labute approximate surface area is 139 Å². The normalized spacial score (nSPS) is 10.3. The van der Waals surface area contributed by atoms with Crippen LogP contribution in [0.25, 0.3) is 0 Å². The monoisotopic (exact) mass is 333 g/mol. The third-order valence-corrected chi connectivity index (χ3v) is 4.12. The highest BCUT2D eigenvalue weighted by Gasteiger charge is 2.08. The Bertz CT molecular complexity index is 671. The van der Waals surface area contributed by atoms with Gasteiger partial charge in [-0.15, -0.1) is 11.8 Å². The lowest BCUT2D eigenvalue weighted by molar-refractivity contribution is -0.113. The molecule has 0 radical (unpaired) electrons. The maximum Gasteiger partial charge on any atom is 0.234 e. The smallest absolute Gasteiger partial charge is 0.234 e. The summed E-state index contributed by atoms with van der Waals surface area (Å²) in [6, 6.07) is 14.4. The molecular formula is C17H16ClNO2S. The van der Waals surface area contributed by atoms with E-state index in [1.165, 1.54) is 11.8 Å². The molecule has 0 unspecified atom stereocenters. The van der Waals surface area contributed by atoms with Crippen molar-refractivity contribution >= 4 is 40.7 Å². The van der Waals surface area contributed by atoms with Gasteiger partial charge in [0.25, 0.3) is 0 Å². The molecule has 1 amide bonds. The van der Waals surface area contributed by atoms with Crippen molar-refractivity contribution in [2.24, 2.45) is 0 Å². The van der Waals surface area contributed by atoms with Crippen molar-refractivity contribution in [3.8, 4) is 0 Å². The summed E-state index contributed by atoms with van der Waals surface area (Å²) in [5, 5.41) is 3.41. The van der Waals surface area contributed by atoms with Crippen LogP contribution in [0.2, 0.25) is 5.02 Å². The zero-order chi connectivity index (χ0) is 15.9. The lowest BCUT2D eigenvalue weighted by Gasteiger charge is -2.06. The molecule has 0 atom stereocenters. The average molecular weight is 334 g/mol. The van der Waals surface area contributed by atoms with Gasteiger partial charge in [0.05, 0.1) is 11.5 Å². The van der Waals surface area contributed by atoms with Crippen LogP contribution in [0.1, 0.15) is 15.9 Å². The van der Waals surface area contributed by atoms with E-state index in [0.717, 1.165) is 11.3 Å². The highest BCUT2D eigenvalue weighted by Crippen LogP contribution is 2.13. The molecule has 0 spiro atoms. The summed E-state index contributed by atoms with van der Waals surface area (Å²) >= 11 is 7.08. The number of amides is 1. The second kappa shape index (κ2) is 8.01. The summed E-state index contributed by atoms with van der Waals surface area (Å²) in [4.78, 5) is 23.8. The number of hydrogen-bond donors (Lipinski definition) is 1. The van der Waals surface area contributed by atoms with Crippen molar-refractivity contribution < 1.29 is 9.59 Å². The average Bonchev–Trinajstić information content (AvgIpc) is 2.47. The molecule has 2 rings (SSSR count). The molecule has 2 aromatic rings. The van der Waals surface area contributed by atoms with Crippen LogP contribution in [0.3, 0.4) is 0 Å². The summed E-state index contributed by atoms with van der Waals surface area (Å²) in [5.41, 5.74) is 2.47. The minimum atomic E-state index is -0.112. The van der Waals surface area contributed by atoms with Crippen molar-refractivity contribution in [3.05, 3.63) is 64.7 Å². The Morgan fingerprint density at radius 3 is 2.50 bits per heavy atom. The van der Waals surface area contributed by atoms with Gasteiger partial charge in [-0.25, -0.2) is 0 Å². The molecule has 0 saturated heterocycles. The van der Waals surface area contributed by atoms with Gasteiger partial charge in [-0.3, -0.25) is 9.59 Å². The maximum absolute atomic E-state index is 11.9. The molecule has 0 fully saturated rings. The second-order valence-corrected chi connectivity index (χ2v) is 6.26. The minimum absolute atomic E-state index is 0.00924. The van der Waals surface area contributed by atoms with E-state index in [0.29, 0.717) is 10.6 Å². The Kier molecular flexibility index (Phi) is 6.04. The summed E-state index contributed by atoms with van der Waals surface area (Å²) in [5.74, 6) is 0.389. The number of Topliss-reactive ketones (excluding diaryl/α,β-unsaturated/α-hetero) is 1. The molecule has 0 aliphatic heterocycles. The number of thioether (sulfide) groups is 1. The molecule has 114 valence electrons. The number of nitrogens with one attached hydrogen (secondary N) is 1. The number of anilines is 1. The fraction of sp³-hybridized carbons (Fsp3) is 0.176. The van der Waals surface area contributed by atoms with Gasteiger partial charge >= 0.3 is 0 Å². The van der Waals surface area contributed by atoms with E-state index in [-0.39, 0.29) is 23.2 Å². The van der Waals surface area contributed by atoms with Gasteiger partial charge in [0, 0.05) is 16.3 Å². The number of carbonyl (C=O) groups is 2. The van der Waals surface area contributed by atoms with Crippen molar-refractivity contribution in [2.75, 3.05) is 16.8 Å². The molecule has 1 N–H and O–H groups in total. The van der Waals surface area contributed by atoms with Crippen LogP contribution < -0.4 is 5.32 Å². The summed E-state index contributed by atoms with van der Waals surface area (Å²) in [6.07, 6.45) is 0. The summed E-state index contributed by atoms with van der Waals surface area (Å²) in [7, 11) is 0. The molecule has 0 aliphatic carbocycles. The van der Waals surface area contributed by atoms with Gasteiger partial charge in [-0.1, -0.05) is 23.7 Å². The van der Waals surface area contributed by atoms with E-state index in [2.05, 4.69) is 5.32 Å². The number of halogens is 1. The van der Waals surface area contributed by atoms with Gasteiger partial charge in [0.1, 0.15) is 0 Å². The van der Waals surface area contributed by atoms with Gasteiger partial charge in [0.15, 0.2) is 5.78 Å². The van der Waals surface area contributed by atoms with Crippen LogP contribution in [0.15, 0.2) is 48.5 Å². The van der Waals surface area contributed by atoms with Crippen LogP contribution >= 0.6 is 23.4 Å². The number of benzene rings is 2. The predicted molar refractivity (Wildman–Crippen MR) is 92.9 cm³/mol. The molecule has 0 saturated carbocycles. The Morgan fingerprint density at radius 2 is 1.82 bits per heavy atom. The Morgan fingerprint density at radius 1 is 1.09 bits per heavy atom. The van der Waals surface area contributed by atoms with Gasteiger partial charge < -0.3 is 5.32 Å². The van der Waals surface area contributed by atoms with Crippen molar-refractivity contribution in [2.45, 2.75) is 6.92 Å². The zero-order valence-corrected chi connectivity index (χ0v) is 13.7. The largest absolute Gasteiger partial charge is 0.325 e. The molecule has 0 aromatic heterocycles. The van der Waals surface area contributed by atoms with E-state index in [4.69, 9.17) is 11.6 Å². The summed E-state index contributed by atoms with van der Waals surface area (Å²) < 4.78 is 0. The van der Waals surface area contributed by atoms with Gasteiger partial charge in [-0.2, -0.15) is 0 Å². The highest BCUT2D eigenvalue weighted by atomic mass is 35.5. The van der Waals surface area contributed by atoms with E-state index in [9.17, 15) is 9.59 Å². The molecule has 0 bridgehead atoms. The molecule has 5 heteroatoms. The van der Waals surface area contributed by atoms with Crippen LogP contribution in [-0.2, 0) is 4.79 Å². The third-order valence-electron chi connectivity index (χ3n) is 2.93. The van der Waals surface area contributed by atoms with Crippen LogP contribution in [-0.4, -0.2) is 23.2 Å². The predicted octanol–water partition coefficient (Wildman–Crippen LogP) is 4.20. The van der Waals surface area contributed by atoms with Crippen LogP contribution in [0, 0.1) is 6.92 Å².